The average Bonchev–Trinajstić information content (AvgIpc) is 3.58. The Balaban J connectivity index is 1.23. The predicted octanol–water partition coefficient (Wildman–Crippen LogP) is -1.05. The normalized spacial score (nSPS) is 20.6. The number of nitrogen functional groups attached to an aromatic ring is 1. The summed E-state index contributed by atoms with van der Waals surface area (Å²) in [5.41, 5.74) is 6.37. The fourth-order valence-electron chi connectivity index (χ4n) is 4.36. The van der Waals surface area contributed by atoms with Crippen molar-refractivity contribution < 1.29 is 33.7 Å². The van der Waals surface area contributed by atoms with Gasteiger partial charge in [-0.2, -0.15) is 9.36 Å². The zero-order chi connectivity index (χ0) is 28.0. The number of fused-ring (bicyclic) bond motifs is 2. The third-order valence-corrected chi connectivity index (χ3v) is 8.20. The van der Waals surface area contributed by atoms with Crippen LogP contribution in [0.5, 0.6) is 0 Å². The van der Waals surface area contributed by atoms with Crippen LogP contribution < -0.4 is 20.9 Å². The first-order chi connectivity index (χ1) is 19.4. The second-order valence-electron chi connectivity index (χ2n) is 9.02. The van der Waals surface area contributed by atoms with E-state index in [1.165, 1.54) is 21.2 Å². The first-order valence-corrected chi connectivity index (χ1v) is 13.8. The summed E-state index contributed by atoms with van der Waals surface area (Å²) in [4.78, 5) is 60.2. The van der Waals surface area contributed by atoms with E-state index >= 15 is 0 Å². The highest BCUT2D eigenvalue weighted by Crippen LogP contribution is 2.40. The highest BCUT2D eigenvalue weighted by atomic mass is 32.2. The summed E-state index contributed by atoms with van der Waals surface area (Å²) in [5, 5.41) is 22.9. The summed E-state index contributed by atoms with van der Waals surface area (Å²) in [6, 6.07) is 2.48. The Labute approximate surface area is 233 Å². The number of nitrogens with two attached hydrogens (primary N) is 1. The molecule has 1 saturated carbocycles. The number of rotatable bonds is 10. The molecule has 0 radical (unpaired) electrons. The predicted molar refractivity (Wildman–Crippen MR) is 140 cm³/mol. The van der Waals surface area contributed by atoms with Crippen molar-refractivity contribution in [2.45, 2.75) is 36.9 Å². The van der Waals surface area contributed by atoms with Crippen molar-refractivity contribution in [2.75, 3.05) is 16.8 Å². The molecule has 6 rings (SSSR count). The Bertz CT molecular complexity index is 1610. The van der Waals surface area contributed by atoms with Crippen molar-refractivity contribution in [3.05, 3.63) is 41.6 Å². The molecule has 206 valence electrons. The van der Waals surface area contributed by atoms with Gasteiger partial charge in [-0.3, -0.25) is 24.6 Å². The van der Waals surface area contributed by atoms with Crippen LogP contribution in [-0.2, 0) is 30.6 Å². The molecule has 3 aliphatic rings. The summed E-state index contributed by atoms with van der Waals surface area (Å²) in [6.07, 6.45) is 5.24. The van der Waals surface area contributed by atoms with E-state index in [2.05, 4.69) is 30.2 Å². The first kappa shape index (κ1) is 25.7. The monoisotopic (exact) mass is 585 g/mol. The fraction of sp³-hybridized carbons (Fsp3) is 0.318. The number of nitrogens with zero attached hydrogens (tertiary/aromatic N) is 7. The number of imidazole rings is 1. The maximum Gasteiger partial charge on any atom is 0.352 e. The number of hydrogen-bond donors (Lipinski definition) is 4. The quantitative estimate of drug-likeness (QED) is 0.0741. The Morgan fingerprint density at radius 1 is 1.38 bits per heavy atom. The SMILES string of the molecule is Nc1nc(/C(=N/OC2CC2)C(=O)N[C@@H]2C(=O)N3C(C(=O)O)=C(C[n+]4cc(NC=O)n5ncccc54)CS[C@H]23)ns1. The van der Waals surface area contributed by atoms with Crippen molar-refractivity contribution >= 4 is 69.8 Å². The van der Waals surface area contributed by atoms with Crippen molar-refractivity contribution in [1.29, 1.82) is 0 Å². The molecule has 2 fully saturated rings. The molecule has 3 aromatic heterocycles. The van der Waals surface area contributed by atoms with Crippen molar-refractivity contribution in [3.63, 3.8) is 0 Å². The van der Waals surface area contributed by atoms with Crippen LogP contribution >= 0.6 is 23.3 Å². The van der Waals surface area contributed by atoms with Crippen LogP contribution in [0.3, 0.4) is 0 Å². The lowest BCUT2D eigenvalue weighted by Gasteiger charge is -2.49. The number of β-lactam (4-membered cyclic amide) rings is 1. The molecule has 1 aliphatic carbocycles. The third kappa shape index (κ3) is 4.60. The highest BCUT2D eigenvalue weighted by molar-refractivity contribution is 8.00. The molecule has 18 heteroatoms. The van der Waals surface area contributed by atoms with Crippen molar-refractivity contribution in [1.82, 2.24) is 29.2 Å². The van der Waals surface area contributed by atoms with E-state index < -0.39 is 29.2 Å². The van der Waals surface area contributed by atoms with Crippen LogP contribution in [-0.4, -0.2) is 82.2 Å². The van der Waals surface area contributed by atoms with Gasteiger partial charge in [-0.25, -0.2) is 9.36 Å². The molecule has 40 heavy (non-hydrogen) atoms. The molecule has 3 amide bonds. The molecule has 0 aromatic carbocycles. The number of amides is 3. The summed E-state index contributed by atoms with van der Waals surface area (Å²) < 4.78 is 7.26. The minimum Gasteiger partial charge on any atom is -0.477 e. The molecule has 1 saturated heterocycles. The van der Waals surface area contributed by atoms with Crippen LogP contribution in [0.15, 0.2) is 41.0 Å². The standard InChI is InChI=1S/C22H20N10O6S2/c23-22-27-17(29-40-22)14(28-38-11-3-4-11)18(34)26-15-19(35)31-16(21(36)37)10(8-39-20(15)31)6-30-7-12(24-9-33)32-13(30)2-1-5-25-32/h1-2,5,7,9,11,15,20H,3-4,6,8H2,(H4-,23,24,25,26,27,29,33,34,36,37)/p+1/b28-14-/t15-,20-/m1/s1. The largest absolute Gasteiger partial charge is 0.477 e. The van der Waals surface area contributed by atoms with Crippen molar-refractivity contribution in [3.8, 4) is 0 Å². The van der Waals surface area contributed by atoms with E-state index in [9.17, 15) is 24.3 Å². The van der Waals surface area contributed by atoms with Gasteiger partial charge in [-0.15, -0.1) is 11.8 Å². The van der Waals surface area contributed by atoms with Crippen LogP contribution in [0.25, 0.3) is 5.65 Å². The van der Waals surface area contributed by atoms with Crippen LogP contribution in [0.4, 0.5) is 10.9 Å². The summed E-state index contributed by atoms with van der Waals surface area (Å²) in [7, 11) is 0. The highest BCUT2D eigenvalue weighted by Gasteiger charge is 2.54. The Hall–Kier alpha value is -4.58. The lowest BCUT2D eigenvalue weighted by molar-refractivity contribution is -0.662. The molecule has 16 nitrogen and oxygen atoms in total. The van der Waals surface area contributed by atoms with Crippen LogP contribution in [0.2, 0.25) is 0 Å². The van der Waals surface area contributed by atoms with Crippen LogP contribution in [0, 0.1) is 0 Å². The number of anilines is 2. The fourth-order valence-corrected chi connectivity index (χ4v) is 6.13. The van der Waals surface area contributed by atoms with Gasteiger partial charge in [0.15, 0.2) is 11.3 Å². The number of aliphatic carboxylic acids is 1. The maximum atomic E-state index is 13.2. The zero-order valence-electron chi connectivity index (χ0n) is 20.5. The number of hydrogen-bond acceptors (Lipinski definition) is 12. The molecule has 5 heterocycles. The molecule has 2 aliphatic heterocycles. The summed E-state index contributed by atoms with van der Waals surface area (Å²) in [5.74, 6) is -1.93. The van der Waals surface area contributed by atoms with E-state index in [1.807, 2.05) is 0 Å². The van der Waals surface area contributed by atoms with Gasteiger partial charge in [0.25, 0.3) is 17.6 Å². The summed E-state index contributed by atoms with van der Waals surface area (Å²) in [6.45, 7) is 0.129. The third-order valence-electron chi connectivity index (χ3n) is 6.32. The zero-order valence-corrected chi connectivity index (χ0v) is 22.1. The molecule has 0 unspecified atom stereocenters. The number of oxime groups is 1. The number of thioether (sulfide) groups is 1. The maximum absolute atomic E-state index is 13.2. The number of carbonyl (C=O) groups excluding carboxylic acids is 3. The van der Waals surface area contributed by atoms with Gasteiger partial charge in [-0.05, 0) is 18.9 Å². The Morgan fingerprint density at radius 3 is 2.90 bits per heavy atom. The van der Waals surface area contributed by atoms with Gasteiger partial charge in [0.2, 0.25) is 17.9 Å². The van der Waals surface area contributed by atoms with E-state index in [4.69, 9.17) is 10.6 Å². The van der Waals surface area contributed by atoms with Gasteiger partial charge in [-0.1, -0.05) is 14.8 Å². The Kier molecular flexibility index (Phi) is 6.54. The average molecular weight is 586 g/mol. The number of carboxylic acid groups (broad SMARTS) is 1. The number of carboxylic acids is 1. The molecule has 2 atom stereocenters. The topological polar surface area (TPSA) is 210 Å². The molecular weight excluding hydrogens is 564 g/mol. The molecule has 0 spiro atoms. The second kappa shape index (κ2) is 10.2. The lowest BCUT2D eigenvalue weighted by atomic mass is 10.0. The van der Waals surface area contributed by atoms with E-state index in [-0.39, 0.29) is 40.8 Å². The smallest absolute Gasteiger partial charge is 0.352 e. The molecular formula is C22H21N10O6S2+. The van der Waals surface area contributed by atoms with E-state index in [0.717, 1.165) is 24.4 Å². The van der Waals surface area contributed by atoms with Crippen LogP contribution in [0.1, 0.15) is 18.7 Å². The molecule has 3 aromatic rings. The lowest BCUT2D eigenvalue weighted by Crippen LogP contribution is -2.71. The van der Waals surface area contributed by atoms with Gasteiger partial charge < -0.3 is 21.0 Å². The summed E-state index contributed by atoms with van der Waals surface area (Å²) >= 11 is 2.21. The van der Waals surface area contributed by atoms with Gasteiger partial charge >= 0.3 is 11.6 Å². The van der Waals surface area contributed by atoms with Gasteiger partial charge in [0.1, 0.15) is 29.8 Å². The van der Waals surface area contributed by atoms with E-state index in [1.54, 1.807) is 29.1 Å². The number of nitrogens with one attached hydrogen (secondary N) is 2. The second-order valence-corrected chi connectivity index (χ2v) is 10.9. The van der Waals surface area contributed by atoms with E-state index in [0.29, 0.717) is 23.4 Å². The number of carbonyl (C=O) groups is 4. The van der Waals surface area contributed by atoms with Crippen molar-refractivity contribution in [2.24, 2.45) is 5.16 Å². The van der Waals surface area contributed by atoms with Gasteiger partial charge in [0, 0.05) is 28.9 Å². The first-order valence-electron chi connectivity index (χ1n) is 12.0. The minimum absolute atomic E-state index is 0.0243. The Morgan fingerprint density at radius 2 is 2.20 bits per heavy atom. The number of aromatic nitrogens is 5. The van der Waals surface area contributed by atoms with Gasteiger partial charge in [0.05, 0.1) is 6.20 Å². The minimum atomic E-state index is -1.27. The molecule has 0 bridgehead atoms. The molecule has 5 N–H and O–H groups in total.